The number of aryl methyl sites for hydroxylation is 2. The summed E-state index contributed by atoms with van der Waals surface area (Å²) in [5.41, 5.74) is -9.88. The standard InChI is InChI=1S/C18H11F10/c1-9-7-10(2)14(11-3-5-12(19)6-4-11)13(8-9)15(20,17(23,24)25)16(21,22)18(26,27)28/h3-6,8H,1-2H3. The minimum absolute atomic E-state index is 0.235. The highest BCUT2D eigenvalue weighted by atomic mass is 19.4. The highest BCUT2D eigenvalue weighted by Gasteiger charge is 2.82. The van der Waals surface area contributed by atoms with E-state index in [0.717, 1.165) is 38.1 Å². The summed E-state index contributed by atoms with van der Waals surface area (Å²) in [6, 6.07) is 5.86. The molecule has 1 radical (unpaired) electrons. The molecular formula is C18H11F10. The van der Waals surface area contributed by atoms with Crippen molar-refractivity contribution in [3.8, 4) is 11.1 Å². The smallest absolute Gasteiger partial charge is 0.221 e. The van der Waals surface area contributed by atoms with Crippen LogP contribution in [0.1, 0.15) is 16.7 Å². The van der Waals surface area contributed by atoms with Crippen LogP contribution in [-0.2, 0) is 5.67 Å². The average Bonchev–Trinajstić information content (AvgIpc) is 2.52. The van der Waals surface area contributed by atoms with Crippen molar-refractivity contribution in [1.29, 1.82) is 0 Å². The van der Waals surface area contributed by atoms with Crippen LogP contribution in [0, 0.1) is 25.7 Å². The number of halogens is 10. The molecule has 0 heterocycles. The van der Waals surface area contributed by atoms with Crippen molar-refractivity contribution in [2.75, 3.05) is 0 Å². The molecule has 0 N–H and O–H groups in total. The summed E-state index contributed by atoms with van der Waals surface area (Å²) in [4.78, 5) is 0. The van der Waals surface area contributed by atoms with Crippen LogP contribution in [0.25, 0.3) is 11.1 Å². The third kappa shape index (κ3) is 3.33. The van der Waals surface area contributed by atoms with Gasteiger partial charge in [0.2, 0.25) is 0 Å². The summed E-state index contributed by atoms with van der Waals surface area (Å²) in [6.45, 7) is 2.13. The Balaban J connectivity index is 2.98. The zero-order chi connectivity index (χ0) is 21.7. The number of rotatable bonds is 3. The second kappa shape index (κ2) is 6.66. The predicted octanol–water partition coefficient (Wildman–Crippen LogP) is 6.83. The van der Waals surface area contributed by atoms with Crippen molar-refractivity contribution in [2.24, 2.45) is 0 Å². The number of hydrogen-bond donors (Lipinski definition) is 0. The fraction of sp³-hybridized carbons (Fsp3) is 0.333. The van der Waals surface area contributed by atoms with Gasteiger partial charge in [-0.15, -0.1) is 0 Å². The zero-order valence-corrected chi connectivity index (χ0v) is 14.2. The van der Waals surface area contributed by atoms with Gasteiger partial charge in [0.1, 0.15) is 5.82 Å². The quantitative estimate of drug-likeness (QED) is 0.480. The molecule has 0 saturated heterocycles. The van der Waals surface area contributed by atoms with Crippen LogP contribution in [-0.4, -0.2) is 18.3 Å². The fourth-order valence-corrected chi connectivity index (χ4v) is 2.84. The summed E-state index contributed by atoms with van der Waals surface area (Å²) in [7, 11) is 0. The number of benzene rings is 2. The zero-order valence-electron chi connectivity index (χ0n) is 14.2. The van der Waals surface area contributed by atoms with Crippen molar-refractivity contribution in [3.05, 3.63) is 58.9 Å². The Morgan fingerprint density at radius 3 is 1.68 bits per heavy atom. The molecule has 1 atom stereocenters. The first-order valence-electron chi connectivity index (χ1n) is 7.54. The van der Waals surface area contributed by atoms with Crippen LogP contribution >= 0.6 is 0 Å². The SMILES string of the molecule is Cc1[c]c(C)c(-c2ccc(F)cc2)c(C(F)(C(F)(F)F)C(F)(F)C(F)(F)F)c1. The molecule has 153 valence electrons. The van der Waals surface area contributed by atoms with Gasteiger partial charge in [0, 0.05) is 5.56 Å². The van der Waals surface area contributed by atoms with Crippen LogP contribution in [0.2, 0.25) is 0 Å². The van der Waals surface area contributed by atoms with Gasteiger partial charge in [-0.1, -0.05) is 18.2 Å². The molecule has 0 aromatic heterocycles. The van der Waals surface area contributed by atoms with Crippen molar-refractivity contribution < 1.29 is 43.9 Å². The molecule has 0 aliphatic rings. The third-order valence-corrected chi connectivity index (χ3v) is 4.07. The minimum atomic E-state index is -6.83. The van der Waals surface area contributed by atoms with Gasteiger partial charge in [0.25, 0.3) is 0 Å². The number of alkyl halides is 9. The van der Waals surface area contributed by atoms with Gasteiger partial charge in [0.05, 0.1) is 0 Å². The van der Waals surface area contributed by atoms with Crippen LogP contribution in [0.5, 0.6) is 0 Å². The molecule has 0 nitrogen and oxygen atoms in total. The van der Waals surface area contributed by atoms with E-state index in [4.69, 9.17) is 0 Å². The lowest BCUT2D eigenvalue weighted by atomic mass is 9.80. The van der Waals surface area contributed by atoms with E-state index in [-0.39, 0.29) is 22.8 Å². The highest BCUT2D eigenvalue weighted by Crippen LogP contribution is 2.60. The molecule has 0 spiro atoms. The molecule has 2 aromatic rings. The fourth-order valence-electron chi connectivity index (χ4n) is 2.84. The van der Waals surface area contributed by atoms with Crippen molar-refractivity contribution in [1.82, 2.24) is 0 Å². The van der Waals surface area contributed by atoms with Gasteiger partial charge in [-0.2, -0.15) is 35.1 Å². The van der Waals surface area contributed by atoms with Crippen molar-refractivity contribution in [2.45, 2.75) is 37.8 Å². The van der Waals surface area contributed by atoms with Crippen LogP contribution in [0.4, 0.5) is 43.9 Å². The Morgan fingerprint density at radius 2 is 1.25 bits per heavy atom. The lowest BCUT2D eigenvalue weighted by molar-refractivity contribution is -0.389. The van der Waals surface area contributed by atoms with Gasteiger partial charge in [-0.25, -0.2) is 8.78 Å². The Morgan fingerprint density at radius 1 is 0.750 bits per heavy atom. The first-order valence-corrected chi connectivity index (χ1v) is 7.54. The van der Waals surface area contributed by atoms with E-state index in [1.807, 2.05) is 0 Å². The van der Waals surface area contributed by atoms with Gasteiger partial charge in [-0.3, -0.25) is 0 Å². The van der Waals surface area contributed by atoms with E-state index < -0.39 is 40.9 Å². The molecule has 0 fully saturated rings. The molecule has 0 aliphatic carbocycles. The highest BCUT2D eigenvalue weighted by molar-refractivity contribution is 5.73. The maximum Gasteiger partial charge on any atom is 0.457 e. The molecule has 28 heavy (non-hydrogen) atoms. The first kappa shape index (κ1) is 22.0. The topological polar surface area (TPSA) is 0 Å². The third-order valence-electron chi connectivity index (χ3n) is 4.07. The first-order chi connectivity index (χ1) is 12.5. The van der Waals surface area contributed by atoms with E-state index in [1.165, 1.54) is 0 Å². The second-order valence-corrected chi connectivity index (χ2v) is 6.10. The molecule has 0 aliphatic heterocycles. The van der Waals surface area contributed by atoms with Gasteiger partial charge < -0.3 is 0 Å². The van der Waals surface area contributed by atoms with Crippen molar-refractivity contribution >= 4 is 0 Å². The van der Waals surface area contributed by atoms with E-state index in [1.54, 1.807) is 0 Å². The lowest BCUT2D eigenvalue weighted by Gasteiger charge is -2.37. The summed E-state index contributed by atoms with van der Waals surface area (Å²) < 4.78 is 134. The molecular weight excluding hydrogens is 406 g/mol. The maximum absolute atomic E-state index is 15.0. The van der Waals surface area contributed by atoms with Crippen LogP contribution < -0.4 is 0 Å². The molecule has 0 saturated carbocycles. The molecule has 2 rings (SSSR count). The minimum Gasteiger partial charge on any atom is -0.221 e. The summed E-state index contributed by atoms with van der Waals surface area (Å²) in [6.07, 6.45) is -13.5. The Labute approximate surface area is 152 Å². The van der Waals surface area contributed by atoms with Crippen molar-refractivity contribution in [3.63, 3.8) is 0 Å². The molecule has 2 aromatic carbocycles. The molecule has 0 amide bonds. The molecule has 0 bridgehead atoms. The second-order valence-electron chi connectivity index (χ2n) is 6.10. The van der Waals surface area contributed by atoms with Gasteiger partial charge >= 0.3 is 23.9 Å². The summed E-state index contributed by atoms with van der Waals surface area (Å²) >= 11 is 0. The average molecular weight is 417 g/mol. The number of hydrogen-bond acceptors (Lipinski definition) is 0. The summed E-state index contributed by atoms with van der Waals surface area (Å²) in [5.74, 6) is -7.64. The largest absolute Gasteiger partial charge is 0.457 e. The van der Waals surface area contributed by atoms with Gasteiger partial charge in [-0.05, 0) is 54.3 Å². The van der Waals surface area contributed by atoms with E-state index in [0.29, 0.717) is 0 Å². The van der Waals surface area contributed by atoms with Crippen LogP contribution in [0.3, 0.4) is 0 Å². The van der Waals surface area contributed by atoms with E-state index in [9.17, 15) is 39.5 Å². The Hall–Kier alpha value is -2.26. The van der Waals surface area contributed by atoms with Gasteiger partial charge in [0.15, 0.2) is 0 Å². The molecule has 10 heteroatoms. The normalized spacial score (nSPS) is 15.4. The predicted molar refractivity (Wildman–Crippen MR) is 80.0 cm³/mol. The van der Waals surface area contributed by atoms with E-state index in [2.05, 4.69) is 6.07 Å². The Bertz CT molecular complexity index is 862. The molecule has 1 unspecified atom stereocenters. The Kier molecular flexibility index (Phi) is 5.24. The van der Waals surface area contributed by atoms with Crippen LogP contribution in [0.15, 0.2) is 30.3 Å². The summed E-state index contributed by atoms with van der Waals surface area (Å²) in [5, 5.41) is 0. The van der Waals surface area contributed by atoms with E-state index >= 15 is 4.39 Å². The lowest BCUT2D eigenvalue weighted by Crippen LogP contribution is -2.60. The maximum atomic E-state index is 15.0. The monoisotopic (exact) mass is 417 g/mol.